The van der Waals surface area contributed by atoms with Gasteiger partial charge < -0.3 is 9.47 Å². The van der Waals surface area contributed by atoms with Crippen molar-refractivity contribution >= 4 is 39.2 Å². The van der Waals surface area contributed by atoms with Crippen molar-refractivity contribution in [2.45, 2.75) is 44.2 Å². The molecular formula is C14H17Cl2NO5S. The van der Waals surface area contributed by atoms with Gasteiger partial charge in [0.15, 0.2) is 6.10 Å². The number of rotatable bonds is 5. The van der Waals surface area contributed by atoms with Crippen LogP contribution in [-0.4, -0.2) is 33.1 Å². The van der Waals surface area contributed by atoms with Crippen molar-refractivity contribution in [1.82, 2.24) is 4.72 Å². The Balaban J connectivity index is 2.41. The third kappa shape index (κ3) is 3.74. The predicted molar refractivity (Wildman–Crippen MR) is 86.7 cm³/mol. The van der Waals surface area contributed by atoms with Crippen LogP contribution < -0.4 is 9.46 Å². The minimum absolute atomic E-state index is 0.0277. The third-order valence-electron chi connectivity index (χ3n) is 3.10. The molecule has 1 aromatic carbocycles. The minimum Gasteiger partial charge on any atom is -0.476 e. The summed E-state index contributed by atoms with van der Waals surface area (Å²) >= 11 is 12.2. The Bertz CT molecular complexity index is 733. The van der Waals surface area contributed by atoms with E-state index in [0.717, 1.165) is 0 Å². The summed E-state index contributed by atoms with van der Waals surface area (Å²) in [4.78, 5) is 11.6. The molecule has 0 aromatic heterocycles. The topological polar surface area (TPSA) is 81.7 Å². The Kier molecular flexibility index (Phi) is 5.45. The number of halogens is 2. The Hall–Kier alpha value is -1.02. The van der Waals surface area contributed by atoms with Crippen molar-refractivity contribution in [3.05, 3.63) is 21.7 Å². The molecule has 0 saturated carbocycles. The Labute approximate surface area is 145 Å². The molecule has 9 heteroatoms. The molecule has 1 atom stereocenters. The van der Waals surface area contributed by atoms with Gasteiger partial charge in [-0.25, -0.2) is 17.9 Å². The monoisotopic (exact) mass is 381 g/mol. The highest BCUT2D eigenvalue weighted by Gasteiger charge is 2.35. The summed E-state index contributed by atoms with van der Waals surface area (Å²) < 4.78 is 37.5. The molecule has 0 fully saturated rings. The standard InChI is InChI=1S/C14H17Cl2NO5S/c1-4-21-14(18)9-5-8-6-10(23(19,20)17-7(2)3)11(15)12(16)13(8)22-9/h6-7,9,17H,4-5H2,1-3H3. The first-order chi connectivity index (χ1) is 10.7. The fraction of sp³-hybridized carbons (Fsp3) is 0.500. The van der Waals surface area contributed by atoms with Crippen LogP contribution >= 0.6 is 23.2 Å². The van der Waals surface area contributed by atoms with Gasteiger partial charge in [-0.3, -0.25) is 0 Å². The molecule has 6 nitrogen and oxygen atoms in total. The van der Waals surface area contributed by atoms with Gasteiger partial charge in [0, 0.05) is 18.0 Å². The number of esters is 1. The van der Waals surface area contributed by atoms with E-state index in [9.17, 15) is 13.2 Å². The lowest BCUT2D eigenvalue weighted by atomic mass is 10.1. The van der Waals surface area contributed by atoms with E-state index in [1.807, 2.05) is 0 Å². The average molecular weight is 382 g/mol. The summed E-state index contributed by atoms with van der Waals surface area (Å²) in [5.41, 5.74) is 0.501. The van der Waals surface area contributed by atoms with Crippen LogP contribution in [0.5, 0.6) is 5.75 Å². The predicted octanol–water partition coefficient (Wildman–Crippen LogP) is 2.55. The van der Waals surface area contributed by atoms with Crippen molar-refractivity contribution < 1.29 is 22.7 Å². The number of nitrogens with one attached hydrogen (secondary N) is 1. The Morgan fingerprint density at radius 1 is 1.43 bits per heavy atom. The van der Waals surface area contributed by atoms with Crippen LogP contribution in [0, 0.1) is 0 Å². The molecule has 128 valence electrons. The van der Waals surface area contributed by atoms with Gasteiger partial charge in [0.2, 0.25) is 10.0 Å². The van der Waals surface area contributed by atoms with E-state index in [0.29, 0.717) is 5.56 Å². The lowest BCUT2D eigenvalue weighted by Crippen LogP contribution is -2.30. The number of hydrogen-bond donors (Lipinski definition) is 1. The molecule has 1 aliphatic rings. The highest BCUT2D eigenvalue weighted by molar-refractivity contribution is 7.89. The summed E-state index contributed by atoms with van der Waals surface area (Å²) in [6, 6.07) is 1.08. The fourth-order valence-corrected chi connectivity index (χ4v) is 4.39. The van der Waals surface area contributed by atoms with Crippen molar-refractivity contribution in [3.8, 4) is 5.75 Å². The van der Waals surface area contributed by atoms with Crippen molar-refractivity contribution in [2.75, 3.05) is 6.61 Å². The van der Waals surface area contributed by atoms with Crippen LogP contribution in [-0.2, 0) is 26.0 Å². The van der Waals surface area contributed by atoms with E-state index in [2.05, 4.69) is 4.72 Å². The highest BCUT2D eigenvalue weighted by atomic mass is 35.5. The minimum atomic E-state index is -3.82. The molecule has 0 amide bonds. The van der Waals surface area contributed by atoms with Gasteiger partial charge >= 0.3 is 5.97 Å². The summed E-state index contributed by atoms with van der Waals surface area (Å²) in [6.07, 6.45) is -0.676. The quantitative estimate of drug-likeness (QED) is 0.792. The first-order valence-corrected chi connectivity index (χ1v) is 9.27. The van der Waals surface area contributed by atoms with Gasteiger partial charge in [0.05, 0.1) is 11.6 Å². The second-order valence-electron chi connectivity index (χ2n) is 5.33. The molecule has 1 aromatic rings. The first-order valence-electron chi connectivity index (χ1n) is 7.03. The number of fused-ring (bicyclic) bond motifs is 1. The van der Waals surface area contributed by atoms with E-state index in [1.165, 1.54) is 6.07 Å². The summed E-state index contributed by atoms with van der Waals surface area (Å²) in [7, 11) is -3.82. The Morgan fingerprint density at radius 3 is 2.65 bits per heavy atom. The highest BCUT2D eigenvalue weighted by Crippen LogP contribution is 2.44. The van der Waals surface area contributed by atoms with Gasteiger partial charge in [-0.15, -0.1) is 0 Å². The number of sulfonamides is 1. The van der Waals surface area contributed by atoms with E-state index in [4.69, 9.17) is 32.7 Å². The summed E-state index contributed by atoms with van der Waals surface area (Å²) in [6.45, 7) is 5.30. The lowest BCUT2D eigenvalue weighted by Gasteiger charge is -2.13. The first kappa shape index (κ1) is 18.3. The maximum atomic E-state index is 12.3. The zero-order valence-corrected chi connectivity index (χ0v) is 15.2. The van der Waals surface area contributed by atoms with Gasteiger partial charge in [-0.05, 0) is 26.8 Å². The molecular weight excluding hydrogens is 365 g/mol. The maximum Gasteiger partial charge on any atom is 0.347 e. The molecule has 0 aliphatic carbocycles. The molecule has 23 heavy (non-hydrogen) atoms. The number of carbonyl (C=O) groups excluding carboxylic acids is 1. The molecule has 0 radical (unpaired) electrons. The smallest absolute Gasteiger partial charge is 0.347 e. The molecule has 1 N–H and O–H groups in total. The molecule has 1 unspecified atom stereocenters. The average Bonchev–Trinajstić information content (AvgIpc) is 2.86. The SMILES string of the molecule is CCOC(=O)C1Cc2cc(S(=O)(=O)NC(C)C)c(Cl)c(Cl)c2O1. The van der Waals surface area contributed by atoms with Crippen LogP contribution in [0.15, 0.2) is 11.0 Å². The zero-order chi connectivity index (χ0) is 17.4. The molecule has 1 heterocycles. The fourth-order valence-electron chi connectivity index (χ4n) is 2.23. The number of hydrogen-bond acceptors (Lipinski definition) is 5. The summed E-state index contributed by atoms with van der Waals surface area (Å²) in [5, 5.41) is -0.164. The van der Waals surface area contributed by atoms with Crippen LogP contribution in [0.4, 0.5) is 0 Å². The van der Waals surface area contributed by atoms with E-state index < -0.39 is 22.1 Å². The van der Waals surface area contributed by atoms with Gasteiger partial charge in [0.25, 0.3) is 0 Å². The lowest BCUT2D eigenvalue weighted by molar-refractivity contribution is -0.150. The second kappa shape index (κ2) is 6.84. The second-order valence-corrected chi connectivity index (χ2v) is 7.77. The maximum absolute atomic E-state index is 12.3. The van der Waals surface area contributed by atoms with Crippen LogP contribution in [0.25, 0.3) is 0 Å². The van der Waals surface area contributed by atoms with Crippen molar-refractivity contribution in [3.63, 3.8) is 0 Å². The van der Waals surface area contributed by atoms with Crippen molar-refractivity contribution in [1.29, 1.82) is 0 Å². The molecule has 0 spiro atoms. The van der Waals surface area contributed by atoms with Crippen LogP contribution in [0.1, 0.15) is 26.3 Å². The van der Waals surface area contributed by atoms with Gasteiger partial charge in [0.1, 0.15) is 15.7 Å². The van der Waals surface area contributed by atoms with E-state index in [1.54, 1.807) is 20.8 Å². The number of benzene rings is 1. The van der Waals surface area contributed by atoms with Crippen LogP contribution in [0.2, 0.25) is 10.0 Å². The molecule has 0 bridgehead atoms. The van der Waals surface area contributed by atoms with Crippen molar-refractivity contribution in [2.24, 2.45) is 0 Å². The van der Waals surface area contributed by atoms with Gasteiger partial charge in [-0.1, -0.05) is 23.2 Å². The van der Waals surface area contributed by atoms with E-state index in [-0.39, 0.29) is 39.8 Å². The number of carbonyl (C=O) groups is 1. The molecule has 2 rings (SSSR count). The molecule has 0 saturated heterocycles. The largest absolute Gasteiger partial charge is 0.476 e. The van der Waals surface area contributed by atoms with E-state index >= 15 is 0 Å². The number of ether oxygens (including phenoxy) is 2. The van der Waals surface area contributed by atoms with Crippen LogP contribution in [0.3, 0.4) is 0 Å². The summed E-state index contributed by atoms with van der Waals surface area (Å²) in [5.74, 6) is -0.307. The zero-order valence-electron chi connectivity index (χ0n) is 12.9. The van der Waals surface area contributed by atoms with Gasteiger partial charge in [-0.2, -0.15) is 0 Å². The molecule has 1 aliphatic heterocycles. The third-order valence-corrected chi connectivity index (χ3v) is 5.75. The normalized spacial score (nSPS) is 17.0. The Morgan fingerprint density at radius 2 is 2.09 bits per heavy atom.